The summed E-state index contributed by atoms with van der Waals surface area (Å²) in [4.78, 5) is 2.42. The van der Waals surface area contributed by atoms with Gasteiger partial charge in [0, 0.05) is 30.6 Å². The summed E-state index contributed by atoms with van der Waals surface area (Å²) >= 11 is 0. The van der Waals surface area contributed by atoms with Gasteiger partial charge in [0.05, 0.1) is 10.4 Å². The number of hydrogen-bond acceptors (Lipinski definition) is 4. The van der Waals surface area contributed by atoms with E-state index >= 15 is 0 Å². The van der Waals surface area contributed by atoms with Gasteiger partial charge in [-0.05, 0) is 61.0 Å². The molecule has 0 saturated carbocycles. The van der Waals surface area contributed by atoms with Crippen molar-refractivity contribution in [3.05, 3.63) is 60.3 Å². The molecule has 2 heterocycles. The van der Waals surface area contributed by atoms with Crippen molar-refractivity contribution < 1.29 is 21.9 Å². The highest BCUT2D eigenvalue weighted by molar-refractivity contribution is 7.90. The van der Waals surface area contributed by atoms with Gasteiger partial charge < -0.3 is 9.64 Å². The molecule has 1 saturated heterocycles. The Morgan fingerprint density at radius 3 is 2.43 bits per heavy atom. The smallest absolute Gasteiger partial charge is 0.387 e. The standard InChI is InChI=1S/C21H22F2N2O3S.ClH/c1-2-10-24-13-17(14-24)15-3-8-20-16(12-15)9-11-25(20)29(26,27)19-6-4-18(5-7-19)28-21(22)23;/h3-9,11-12,17,21H,2,10,13-14H2,1H3;1H. The van der Waals surface area contributed by atoms with E-state index in [1.165, 1.54) is 40.0 Å². The van der Waals surface area contributed by atoms with E-state index in [4.69, 9.17) is 0 Å². The summed E-state index contributed by atoms with van der Waals surface area (Å²) in [5.74, 6) is 0.395. The first kappa shape index (κ1) is 22.5. The van der Waals surface area contributed by atoms with Crippen molar-refractivity contribution in [2.45, 2.75) is 30.8 Å². The van der Waals surface area contributed by atoms with Crippen LogP contribution in [-0.2, 0) is 10.0 Å². The highest BCUT2D eigenvalue weighted by Gasteiger charge is 2.27. The van der Waals surface area contributed by atoms with Crippen molar-refractivity contribution in [3.63, 3.8) is 0 Å². The van der Waals surface area contributed by atoms with Crippen molar-refractivity contribution in [1.29, 1.82) is 0 Å². The molecule has 0 atom stereocenters. The molecule has 2 aromatic carbocycles. The van der Waals surface area contributed by atoms with Gasteiger partial charge >= 0.3 is 6.61 Å². The fraction of sp³-hybridized carbons (Fsp3) is 0.333. The molecule has 1 fully saturated rings. The molecule has 9 heteroatoms. The number of rotatable bonds is 7. The lowest BCUT2D eigenvalue weighted by Crippen LogP contribution is -2.45. The highest BCUT2D eigenvalue weighted by atomic mass is 35.5. The SMILES string of the molecule is CCCN1CC(c2ccc3c(ccn3S(=O)(=O)c3ccc(OC(F)F)cc3)c2)C1.Cl. The van der Waals surface area contributed by atoms with Crippen LogP contribution in [0.1, 0.15) is 24.8 Å². The summed E-state index contributed by atoms with van der Waals surface area (Å²) in [5.41, 5.74) is 1.81. The Hall–Kier alpha value is -2.16. The maximum absolute atomic E-state index is 13.0. The second kappa shape index (κ2) is 8.91. The minimum absolute atomic E-state index is 0. The molecular weight excluding hydrogens is 434 g/mol. The van der Waals surface area contributed by atoms with Gasteiger partial charge in [0.2, 0.25) is 0 Å². The fourth-order valence-electron chi connectivity index (χ4n) is 3.79. The predicted octanol–water partition coefficient (Wildman–Crippen LogP) is 4.71. The van der Waals surface area contributed by atoms with Crippen molar-refractivity contribution >= 4 is 33.3 Å². The first-order valence-corrected chi connectivity index (χ1v) is 11.0. The summed E-state index contributed by atoms with van der Waals surface area (Å²) in [6.07, 6.45) is 2.67. The van der Waals surface area contributed by atoms with Gasteiger partial charge in [0.25, 0.3) is 10.0 Å². The molecule has 1 aromatic heterocycles. The number of likely N-dealkylation sites (tertiary alicyclic amines) is 1. The van der Waals surface area contributed by atoms with Crippen LogP contribution in [0.15, 0.2) is 59.6 Å². The minimum Gasteiger partial charge on any atom is -0.435 e. The van der Waals surface area contributed by atoms with Crippen LogP contribution in [0.4, 0.5) is 8.78 Å². The number of nitrogens with zero attached hydrogens (tertiary/aromatic N) is 2. The molecular formula is C21H23ClF2N2O3S. The maximum atomic E-state index is 13.0. The summed E-state index contributed by atoms with van der Waals surface area (Å²) in [6.45, 7) is 2.39. The molecule has 5 nitrogen and oxygen atoms in total. The van der Waals surface area contributed by atoms with E-state index in [-0.39, 0.29) is 23.1 Å². The minimum atomic E-state index is -3.84. The third-order valence-corrected chi connectivity index (χ3v) is 6.96. The van der Waals surface area contributed by atoms with E-state index in [2.05, 4.69) is 22.6 Å². The second-order valence-electron chi connectivity index (χ2n) is 7.24. The molecule has 0 bridgehead atoms. The molecule has 1 aliphatic rings. The number of benzene rings is 2. The third-order valence-electron chi connectivity index (χ3n) is 5.25. The van der Waals surface area contributed by atoms with Gasteiger partial charge in [-0.15, -0.1) is 12.4 Å². The van der Waals surface area contributed by atoms with E-state index in [1.807, 2.05) is 12.1 Å². The molecule has 0 spiro atoms. The average Bonchev–Trinajstić information content (AvgIpc) is 3.08. The summed E-state index contributed by atoms with van der Waals surface area (Å²) in [6, 6.07) is 12.6. The van der Waals surface area contributed by atoms with Crippen LogP contribution in [0.2, 0.25) is 0 Å². The fourth-order valence-corrected chi connectivity index (χ4v) is 5.14. The maximum Gasteiger partial charge on any atom is 0.387 e. The van der Waals surface area contributed by atoms with Crippen molar-refractivity contribution in [2.24, 2.45) is 0 Å². The molecule has 0 aliphatic carbocycles. The van der Waals surface area contributed by atoms with Crippen molar-refractivity contribution in [2.75, 3.05) is 19.6 Å². The Balaban J connectivity index is 0.00000256. The largest absolute Gasteiger partial charge is 0.435 e. The second-order valence-corrected chi connectivity index (χ2v) is 9.06. The number of hydrogen-bond donors (Lipinski definition) is 0. The molecule has 0 amide bonds. The molecule has 4 rings (SSSR count). The van der Waals surface area contributed by atoms with Gasteiger partial charge in [-0.3, -0.25) is 0 Å². The Bertz CT molecular complexity index is 1110. The van der Waals surface area contributed by atoms with Crippen LogP contribution in [0, 0.1) is 0 Å². The van der Waals surface area contributed by atoms with Crippen molar-refractivity contribution in [1.82, 2.24) is 8.87 Å². The zero-order chi connectivity index (χ0) is 20.6. The zero-order valence-electron chi connectivity index (χ0n) is 16.4. The number of fused-ring (bicyclic) bond motifs is 1. The molecule has 162 valence electrons. The average molecular weight is 457 g/mol. The summed E-state index contributed by atoms with van der Waals surface area (Å²) in [5, 5.41) is 0.859. The third kappa shape index (κ3) is 4.31. The lowest BCUT2D eigenvalue weighted by atomic mass is 9.91. The number of alkyl halides is 2. The van der Waals surface area contributed by atoms with Crippen LogP contribution in [0.25, 0.3) is 10.9 Å². The van der Waals surface area contributed by atoms with Gasteiger partial charge in [-0.1, -0.05) is 13.0 Å². The molecule has 0 N–H and O–H groups in total. The summed E-state index contributed by atoms with van der Waals surface area (Å²) in [7, 11) is -3.84. The van der Waals surface area contributed by atoms with Crippen LogP contribution >= 0.6 is 12.4 Å². The normalized spacial score (nSPS) is 15.2. The van der Waals surface area contributed by atoms with Gasteiger partial charge in [0.1, 0.15) is 5.75 Å². The molecule has 0 unspecified atom stereocenters. The Morgan fingerprint density at radius 1 is 1.10 bits per heavy atom. The molecule has 1 aliphatic heterocycles. The van der Waals surface area contributed by atoms with E-state index < -0.39 is 16.6 Å². The highest BCUT2D eigenvalue weighted by Crippen LogP contribution is 2.31. The monoisotopic (exact) mass is 456 g/mol. The van der Waals surface area contributed by atoms with Crippen LogP contribution in [0.5, 0.6) is 5.75 Å². The number of halogens is 3. The zero-order valence-corrected chi connectivity index (χ0v) is 18.0. The van der Waals surface area contributed by atoms with Crippen LogP contribution in [0.3, 0.4) is 0 Å². The van der Waals surface area contributed by atoms with Gasteiger partial charge in [-0.2, -0.15) is 8.78 Å². The Kier molecular flexibility index (Phi) is 6.69. The number of ether oxygens (including phenoxy) is 1. The van der Waals surface area contributed by atoms with E-state index in [1.54, 1.807) is 6.07 Å². The Morgan fingerprint density at radius 2 is 1.80 bits per heavy atom. The van der Waals surface area contributed by atoms with Crippen LogP contribution in [-0.4, -0.2) is 43.5 Å². The molecule has 3 aromatic rings. The number of aromatic nitrogens is 1. The van der Waals surface area contributed by atoms with Gasteiger partial charge in [0.15, 0.2) is 0 Å². The lowest BCUT2D eigenvalue weighted by Gasteiger charge is -2.39. The van der Waals surface area contributed by atoms with Crippen LogP contribution < -0.4 is 4.74 Å². The van der Waals surface area contributed by atoms with E-state index in [0.717, 1.165) is 31.4 Å². The first-order chi connectivity index (χ1) is 13.9. The topological polar surface area (TPSA) is 51.5 Å². The first-order valence-electron chi connectivity index (χ1n) is 9.52. The van der Waals surface area contributed by atoms with E-state index in [0.29, 0.717) is 11.4 Å². The quantitative estimate of drug-likeness (QED) is 0.516. The lowest BCUT2D eigenvalue weighted by molar-refractivity contribution is -0.0498. The predicted molar refractivity (Wildman–Crippen MR) is 114 cm³/mol. The summed E-state index contributed by atoms with van der Waals surface area (Å²) < 4.78 is 56.1. The van der Waals surface area contributed by atoms with E-state index in [9.17, 15) is 17.2 Å². The molecule has 0 radical (unpaired) electrons. The van der Waals surface area contributed by atoms with Crippen molar-refractivity contribution in [3.8, 4) is 5.75 Å². The Labute approximate surface area is 180 Å². The van der Waals surface area contributed by atoms with Gasteiger partial charge in [-0.25, -0.2) is 12.4 Å². The molecule has 30 heavy (non-hydrogen) atoms.